The Balaban J connectivity index is 1.44. The Bertz CT molecular complexity index is 916. The molecule has 0 spiro atoms. The van der Waals surface area contributed by atoms with Crippen LogP contribution in [0.25, 0.3) is 0 Å². The van der Waals surface area contributed by atoms with Crippen molar-refractivity contribution in [1.82, 2.24) is 4.31 Å². The van der Waals surface area contributed by atoms with Crippen molar-refractivity contribution in [3.63, 3.8) is 0 Å². The number of amides is 1. The zero-order valence-corrected chi connectivity index (χ0v) is 15.6. The summed E-state index contributed by atoms with van der Waals surface area (Å²) in [5.74, 6) is 0. The summed E-state index contributed by atoms with van der Waals surface area (Å²) in [4.78, 5) is 13.3. The topological polar surface area (TPSA) is 79.0 Å². The molecule has 0 aliphatic carbocycles. The zero-order chi connectivity index (χ0) is 18.9. The van der Waals surface area contributed by atoms with Crippen LogP contribution in [0.2, 0.25) is 0 Å². The maximum atomic E-state index is 12.9. The van der Waals surface area contributed by atoms with E-state index < -0.39 is 16.1 Å². The molecule has 2 aliphatic rings. The van der Waals surface area contributed by atoms with Gasteiger partial charge in [-0.3, -0.25) is 4.90 Å². The Kier molecular flexibility index (Phi) is 4.75. The van der Waals surface area contributed by atoms with Crippen LogP contribution in [0.5, 0.6) is 0 Å². The Morgan fingerprint density at radius 3 is 2.41 bits per heavy atom. The molecule has 2 aromatic rings. The van der Waals surface area contributed by atoms with Crippen molar-refractivity contribution in [2.24, 2.45) is 0 Å². The van der Waals surface area contributed by atoms with Gasteiger partial charge < -0.3 is 10.1 Å². The Morgan fingerprint density at radius 1 is 1.00 bits per heavy atom. The van der Waals surface area contributed by atoms with E-state index in [0.717, 1.165) is 12.1 Å². The summed E-state index contributed by atoms with van der Waals surface area (Å²) in [6.45, 7) is 1.73. The molecule has 2 aliphatic heterocycles. The second-order valence-electron chi connectivity index (χ2n) is 6.62. The highest BCUT2D eigenvalue weighted by Crippen LogP contribution is 2.26. The molecule has 0 radical (unpaired) electrons. The maximum absolute atomic E-state index is 12.9. The van der Waals surface area contributed by atoms with Crippen molar-refractivity contribution < 1.29 is 17.9 Å². The Labute approximate surface area is 158 Å². The molecule has 1 unspecified atom stereocenters. The van der Waals surface area contributed by atoms with E-state index in [4.69, 9.17) is 4.74 Å². The number of carbonyl (C=O) groups excluding carboxylic acids is 1. The van der Waals surface area contributed by atoms with E-state index in [-0.39, 0.29) is 10.9 Å². The number of hydrogen-bond donors (Lipinski definition) is 1. The fraction of sp³-hybridized carbons (Fsp3) is 0.316. The second-order valence-corrected chi connectivity index (χ2v) is 8.56. The van der Waals surface area contributed by atoms with Gasteiger partial charge in [-0.15, -0.1) is 0 Å². The lowest BCUT2D eigenvalue weighted by Gasteiger charge is -2.18. The Morgan fingerprint density at radius 2 is 1.74 bits per heavy atom. The summed E-state index contributed by atoms with van der Waals surface area (Å²) in [6, 6.07) is 16.3. The average Bonchev–Trinajstić information content (AvgIpc) is 3.32. The van der Waals surface area contributed by atoms with E-state index in [2.05, 4.69) is 5.32 Å². The molecule has 2 heterocycles. The number of nitrogens with zero attached hydrogens (tertiary/aromatic N) is 2. The molecule has 27 heavy (non-hydrogen) atoms. The number of nitrogens with one attached hydrogen (secondary N) is 1. The van der Waals surface area contributed by atoms with E-state index in [1.165, 1.54) is 9.21 Å². The van der Waals surface area contributed by atoms with E-state index in [1.807, 2.05) is 30.3 Å². The first-order valence-corrected chi connectivity index (χ1v) is 10.3. The maximum Gasteiger partial charge on any atom is 0.414 e. The fourth-order valence-electron chi connectivity index (χ4n) is 3.41. The molecule has 2 fully saturated rings. The second kappa shape index (κ2) is 7.21. The molecule has 1 amide bonds. The molecule has 8 heteroatoms. The van der Waals surface area contributed by atoms with E-state index >= 15 is 0 Å². The van der Waals surface area contributed by atoms with Gasteiger partial charge in [0, 0.05) is 30.5 Å². The van der Waals surface area contributed by atoms with E-state index in [0.29, 0.717) is 31.9 Å². The standard InChI is InChI=1S/C19H21N3O4S/c23-19-22(12-13-26-19)17-6-8-18(9-7-17)27(24,25)21-11-10-16(14-21)20-15-4-2-1-3-5-15/h1-9,16,20H,10-14H2. The molecule has 2 saturated heterocycles. The third-order valence-electron chi connectivity index (χ3n) is 4.84. The van der Waals surface area contributed by atoms with Crippen molar-refractivity contribution in [3.8, 4) is 0 Å². The number of ether oxygens (including phenoxy) is 1. The normalized spacial score (nSPS) is 20.7. The molecular formula is C19H21N3O4S. The van der Waals surface area contributed by atoms with Crippen molar-refractivity contribution in [2.45, 2.75) is 17.4 Å². The van der Waals surface area contributed by atoms with E-state index in [9.17, 15) is 13.2 Å². The van der Waals surface area contributed by atoms with Gasteiger partial charge in [-0.05, 0) is 42.8 Å². The van der Waals surface area contributed by atoms with Gasteiger partial charge in [0.2, 0.25) is 10.0 Å². The van der Waals surface area contributed by atoms with Crippen LogP contribution in [0.3, 0.4) is 0 Å². The molecule has 1 atom stereocenters. The van der Waals surface area contributed by atoms with Gasteiger partial charge in [-0.25, -0.2) is 13.2 Å². The largest absolute Gasteiger partial charge is 0.447 e. The number of benzene rings is 2. The minimum Gasteiger partial charge on any atom is -0.447 e. The van der Waals surface area contributed by atoms with Gasteiger partial charge in [-0.1, -0.05) is 18.2 Å². The van der Waals surface area contributed by atoms with Crippen molar-refractivity contribution in [1.29, 1.82) is 0 Å². The van der Waals surface area contributed by atoms with Gasteiger partial charge in [0.15, 0.2) is 0 Å². The lowest BCUT2D eigenvalue weighted by Crippen LogP contribution is -2.31. The van der Waals surface area contributed by atoms with Crippen molar-refractivity contribution >= 4 is 27.5 Å². The molecule has 4 rings (SSSR count). The van der Waals surface area contributed by atoms with Gasteiger partial charge in [-0.2, -0.15) is 4.31 Å². The van der Waals surface area contributed by atoms with Crippen LogP contribution in [-0.2, 0) is 14.8 Å². The van der Waals surface area contributed by atoms with Crippen LogP contribution in [0.1, 0.15) is 6.42 Å². The van der Waals surface area contributed by atoms with Gasteiger partial charge in [0.25, 0.3) is 0 Å². The molecule has 0 saturated carbocycles. The molecule has 142 valence electrons. The number of sulfonamides is 1. The number of para-hydroxylation sites is 1. The summed E-state index contributed by atoms with van der Waals surface area (Å²) in [7, 11) is -3.56. The predicted octanol–water partition coefficient (Wildman–Crippen LogP) is 2.52. The Hall–Kier alpha value is -2.58. The highest BCUT2D eigenvalue weighted by molar-refractivity contribution is 7.89. The summed E-state index contributed by atoms with van der Waals surface area (Å²) >= 11 is 0. The van der Waals surface area contributed by atoms with Crippen LogP contribution in [0.15, 0.2) is 59.5 Å². The average molecular weight is 387 g/mol. The minimum atomic E-state index is -3.56. The molecule has 0 bridgehead atoms. The lowest BCUT2D eigenvalue weighted by atomic mass is 10.2. The van der Waals surface area contributed by atoms with Crippen LogP contribution >= 0.6 is 0 Å². The quantitative estimate of drug-likeness (QED) is 0.853. The van der Waals surface area contributed by atoms with Crippen molar-refractivity contribution in [2.75, 3.05) is 36.5 Å². The van der Waals surface area contributed by atoms with Gasteiger partial charge >= 0.3 is 6.09 Å². The third kappa shape index (κ3) is 3.63. The SMILES string of the molecule is O=C1OCCN1c1ccc(S(=O)(=O)N2CCC(Nc3ccccc3)C2)cc1. The highest BCUT2D eigenvalue weighted by Gasteiger charge is 2.33. The molecule has 2 aromatic carbocycles. The first-order chi connectivity index (χ1) is 13.0. The van der Waals surface area contributed by atoms with Gasteiger partial charge in [0.05, 0.1) is 11.4 Å². The van der Waals surface area contributed by atoms with Crippen molar-refractivity contribution in [3.05, 3.63) is 54.6 Å². The summed E-state index contributed by atoms with van der Waals surface area (Å²) in [6.07, 6.45) is 0.353. The number of rotatable bonds is 5. The molecular weight excluding hydrogens is 366 g/mol. The number of carbonyl (C=O) groups is 1. The number of hydrogen-bond acceptors (Lipinski definition) is 5. The van der Waals surface area contributed by atoms with Crippen LogP contribution in [0.4, 0.5) is 16.2 Å². The monoisotopic (exact) mass is 387 g/mol. The smallest absolute Gasteiger partial charge is 0.414 e. The highest BCUT2D eigenvalue weighted by atomic mass is 32.2. The first kappa shape index (κ1) is 17.8. The summed E-state index contributed by atoms with van der Waals surface area (Å²) in [5, 5.41) is 3.38. The van der Waals surface area contributed by atoms with Crippen LogP contribution in [0, 0.1) is 0 Å². The molecule has 0 aromatic heterocycles. The summed E-state index contributed by atoms with van der Waals surface area (Å²) in [5.41, 5.74) is 1.63. The summed E-state index contributed by atoms with van der Waals surface area (Å²) < 4.78 is 32.3. The van der Waals surface area contributed by atoms with Crippen LogP contribution < -0.4 is 10.2 Å². The van der Waals surface area contributed by atoms with Gasteiger partial charge in [0.1, 0.15) is 6.61 Å². The lowest BCUT2D eigenvalue weighted by molar-refractivity contribution is 0.181. The predicted molar refractivity (Wildman–Crippen MR) is 102 cm³/mol. The molecule has 1 N–H and O–H groups in total. The van der Waals surface area contributed by atoms with Crippen LogP contribution in [-0.4, -0.2) is 51.1 Å². The minimum absolute atomic E-state index is 0.0841. The molecule has 7 nitrogen and oxygen atoms in total. The number of cyclic esters (lactones) is 1. The van der Waals surface area contributed by atoms with E-state index in [1.54, 1.807) is 24.3 Å². The zero-order valence-electron chi connectivity index (χ0n) is 14.7. The number of anilines is 2. The first-order valence-electron chi connectivity index (χ1n) is 8.90. The third-order valence-corrected chi connectivity index (χ3v) is 6.72. The fourth-order valence-corrected chi connectivity index (χ4v) is 4.91.